The standard InChI is InChI=1S/C52H85NO8/c1-6-8-10-12-14-16-18-20-22-23-24-25-26-27-29-31-33-35-37-39-41-43-50(55)61-48(47-60-52(51(56)57)58-45-44-53(3,4)5)46-59-49(54)42-40-38-36-34-32-30-28-21-19-17-15-13-11-9-7-2/h8,10,14-17,20-22,24-25,27-29,33,35,48,52H,6-7,9,11-13,18-19,23,26,30-32,34,36-47H2,1-5H3/b10-8-,16-14-,17-15-,22-20-,25-24-,28-21-,29-27-,35-33-. The number of likely N-dealkylation sites (N-methyl/N-ethyl adjacent to an activating group) is 1. The molecule has 0 spiro atoms. The van der Waals surface area contributed by atoms with Gasteiger partial charge in [0.05, 0.1) is 40.3 Å². The lowest BCUT2D eigenvalue weighted by atomic mass is 10.1. The number of esters is 2. The zero-order chi connectivity index (χ0) is 44.9. The van der Waals surface area contributed by atoms with E-state index < -0.39 is 30.3 Å². The van der Waals surface area contributed by atoms with E-state index in [1.165, 1.54) is 25.7 Å². The van der Waals surface area contributed by atoms with Gasteiger partial charge in [-0.3, -0.25) is 9.59 Å². The maximum atomic E-state index is 12.8. The van der Waals surface area contributed by atoms with Gasteiger partial charge in [-0.25, -0.2) is 0 Å². The topological polar surface area (TPSA) is 111 Å². The van der Waals surface area contributed by atoms with Crippen LogP contribution in [0.5, 0.6) is 0 Å². The fourth-order valence-corrected chi connectivity index (χ4v) is 5.68. The minimum absolute atomic E-state index is 0.131. The number of carbonyl (C=O) groups is 3. The number of nitrogens with zero attached hydrogens (tertiary/aromatic N) is 1. The molecule has 0 aliphatic carbocycles. The van der Waals surface area contributed by atoms with Gasteiger partial charge in [-0.1, -0.05) is 143 Å². The van der Waals surface area contributed by atoms with E-state index in [4.69, 9.17) is 18.9 Å². The van der Waals surface area contributed by atoms with Gasteiger partial charge in [0.25, 0.3) is 0 Å². The second-order valence-electron chi connectivity index (χ2n) is 16.3. The summed E-state index contributed by atoms with van der Waals surface area (Å²) in [5.74, 6) is -2.38. The van der Waals surface area contributed by atoms with Crippen LogP contribution < -0.4 is 5.11 Å². The zero-order valence-electron chi connectivity index (χ0n) is 39.0. The molecule has 0 N–H and O–H groups in total. The Hall–Kier alpha value is -3.79. The molecule has 0 saturated carbocycles. The highest BCUT2D eigenvalue weighted by molar-refractivity contribution is 5.70. The van der Waals surface area contributed by atoms with E-state index in [1.54, 1.807) is 0 Å². The first-order valence-electron chi connectivity index (χ1n) is 23.4. The summed E-state index contributed by atoms with van der Waals surface area (Å²) in [6, 6.07) is 0. The summed E-state index contributed by atoms with van der Waals surface area (Å²) in [5, 5.41) is 11.7. The second-order valence-corrected chi connectivity index (χ2v) is 16.3. The number of aliphatic carboxylic acids is 1. The Bertz CT molecular complexity index is 1320. The third-order valence-electron chi connectivity index (χ3n) is 9.32. The molecule has 0 rings (SSSR count). The van der Waals surface area contributed by atoms with Gasteiger partial charge in [-0.05, 0) is 96.3 Å². The monoisotopic (exact) mass is 852 g/mol. The predicted molar refractivity (Wildman–Crippen MR) is 250 cm³/mol. The molecule has 0 aliphatic rings. The highest BCUT2D eigenvalue weighted by Gasteiger charge is 2.21. The van der Waals surface area contributed by atoms with Crippen molar-refractivity contribution in [2.24, 2.45) is 0 Å². The Morgan fingerprint density at radius 1 is 0.508 bits per heavy atom. The molecule has 0 bridgehead atoms. The van der Waals surface area contributed by atoms with Crippen LogP contribution >= 0.6 is 0 Å². The van der Waals surface area contributed by atoms with Crippen molar-refractivity contribution in [1.82, 2.24) is 0 Å². The van der Waals surface area contributed by atoms with E-state index in [-0.39, 0.29) is 32.7 Å². The van der Waals surface area contributed by atoms with Gasteiger partial charge in [-0.15, -0.1) is 0 Å². The molecule has 2 atom stereocenters. The van der Waals surface area contributed by atoms with Crippen LogP contribution in [0, 0.1) is 0 Å². The van der Waals surface area contributed by atoms with Crippen molar-refractivity contribution in [2.45, 2.75) is 167 Å². The zero-order valence-corrected chi connectivity index (χ0v) is 39.0. The summed E-state index contributed by atoms with van der Waals surface area (Å²) >= 11 is 0. The number of carboxylic acids is 1. The Labute approximate surface area is 372 Å². The summed E-state index contributed by atoms with van der Waals surface area (Å²) in [6.07, 6.45) is 53.0. The lowest BCUT2D eigenvalue weighted by Gasteiger charge is -2.26. The maximum Gasteiger partial charge on any atom is 0.306 e. The van der Waals surface area contributed by atoms with Crippen molar-refractivity contribution in [3.63, 3.8) is 0 Å². The number of ether oxygens (including phenoxy) is 4. The smallest absolute Gasteiger partial charge is 0.306 e. The second kappa shape index (κ2) is 42.9. The minimum Gasteiger partial charge on any atom is -0.545 e. The van der Waals surface area contributed by atoms with Crippen LogP contribution in [-0.4, -0.2) is 82.3 Å². The van der Waals surface area contributed by atoms with Gasteiger partial charge in [0.2, 0.25) is 0 Å². The number of hydrogen-bond donors (Lipinski definition) is 0. The Balaban J connectivity index is 4.55. The molecule has 61 heavy (non-hydrogen) atoms. The SMILES string of the molecule is CC/C=C\C/C=C\C/C=C\C/C=C\C/C=C\C/C=C\CCCCC(=O)OC(COC(=O)CCCCCCC/C=C\C/C=C\CCCCC)COC(OCC[N+](C)(C)C)C(=O)[O-]. The average molecular weight is 852 g/mol. The third-order valence-corrected chi connectivity index (χ3v) is 9.32. The maximum absolute atomic E-state index is 12.8. The van der Waals surface area contributed by atoms with Crippen LogP contribution in [0.3, 0.4) is 0 Å². The number of carbonyl (C=O) groups excluding carboxylic acids is 3. The molecule has 0 aromatic rings. The number of allylic oxidation sites excluding steroid dienone is 16. The van der Waals surface area contributed by atoms with Crippen molar-refractivity contribution in [2.75, 3.05) is 47.5 Å². The van der Waals surface area contributed by atoms with E-state index in [2.05, 4.69) is 111 Å². The number of carboxylic acid groups (broad SMARTS) is 1. The van der Waals surface area contributed by atoms with E-state index in [9.17, 15) is 19.5 Å². The van der Waals surface area contributed by atoms with Gasteiger partial charge in [0.15, 0.2) is 12.4 Å². The van der Waals surface area contributed by atoms with Crippen molar-refractivity contribution < 1.29 is 42.9 Å². The van der Waals surface area contributed by atoms with Crippen LogP contribution in [0.4, 0.5) is 0 Å². The van der Waals surface area contributed by atoms with Crippen LogP contribution in [0.2, 0.25) is 0 Å². The van der Waals surface area contributed by atoms with Crippen LogP contribution in [0.15, 0.2) is 97.2 Å². The van der Waals surface area contributed by atoms with E-state index >= 15 is 0 Å². The molecule has 0 amide bonds. The van der Waals surface area contributed by atoms with E-state index in [0.717, 1.165) is 89.9 Å². The molecule has 0 saturated heterocycles. The first-order valence-corrected chi connectivity index (χ1v) is 23.4. The molecule has 346 valence electrons. The molecule has 9 nitrogen and oxygen atoms in total. The summed E-state index contributed by atoms with van der Waals surface area (Å²) in [7, 11) is 5.88. The third kappa shape index (κ3) is 44.1. The fourth-order valence-electron chi connectivity index (χ4n) is 5.68. The van der Waals surface area contributed by atoms with Crippen molar-refractivity contribution >= 4 is 17.9 Å². The van der Waals surface area contributed by atoms with Crippen molar-refractivity contribution in [3.05, 3.63) is 97.2 Å². The lowest BCUT2D eigenvalue weighted by Crippen LogP contribution is -2.44. The summed E-state index contributed by atoms with van der Waals surface area (Å²) < 4.78 is 22.5. The summed E-state index contributed by atoms with van der Waals surface area (Å²) in [6.45, 7) is 4.50. The highest BCUT2D eigenvalue weighted by Crippen LogP contribution is 2.11. The molecule has 0 aromatic heterocycles. The van der Waals surface area contributed by atoms with Crippen LogP contribution in [0.1, 0.15) is 155 Å². The molecule has 0 heterocycles. The first kappa shape index (κ1) is 57.2. The molecular weight excluding hydrogens is 767 g/mol. The van der Waals surface area contributed by atoms with Gasteiger partial charge < -0.3 is 33.3 Å². The van der Waals surface area contributed by atoms with Gasteiger partial charge in [-0.2, -0.15) is 0 Å². The lowest BCUT2D eigenvalue weighted by molar-refractivity contribution is -0.870. The average Bonchev–Trinajstić information content (AvgIpc) is 3.22. The molecule has 0 radical (unpaired) electrons. The summed E-state index contributed by atoms with van der Waals surface area (Å²) in [4.78, 5) is 37.0. The molecular formula is C52H85NO8. The van der Waals surface area contributed by atoms with Gasteiger partial charge in [0, 0.05) is 12.8 Å². The number of unbranched alkanes of at least 4 members (excludes halogenated alkanes) is 10. The largest absolute Gasteiger partial charge is 0.545 e. The van der Waals surface area contributed by atoms with E-state index in [0.29, 0.717) is 23.9 Å². The molecule has 0 aromatic carbocycles. The highest BCUT2D eigenvalue weighted by atomic mass is 16.7. The minimum atomic E-state index is -1.64. The van der Waals surface area contributed by atoms with Gasteiger partial charge >= 0.3 is 11.9 Å². The number of hydrogen-bond acceptors (Lipinski definition) is 8. The summed E-state index contributed by atoms with van der Waals surface area (Å²) in [5.41, 5.74) is 0. The first-order chi connectivity index (χ1) is 29.6. The molecule has 0 aliphatic heterocycles. The molecule has 0 fully saturated rings. The van der Waals surface area contributed by atoms with Crippen molar-refractivity contribution in [3.8, 4) is 0 Å². The molecule has 2 unspecified atom stereocenters. The Morgan fingerprint density at radius 3 is 1.43 bits per heavy atom. The van der Waals surface area contributed by atoms with Crippen molar-refractivity contribution in [1.29, 1.82) is 0 Å². The van der Waals surface area contributed by atoms with Crippen LogP contribution in [0.25, 0.3) is 0 Å². The number of quaternary nitrogens is 1. The number of rotatable bonds is 41. The fraction of sp³-hybridized carbons (Fsp3) is 0.635. The Morgan fingerprint density at radius 2 is 0.934 bits per heavy atom. The molecule has 9 heteroatoms. The van der Waals surface area contributed by atoms with Crippen LogP contribution in [-0.2, 0) is 33.3 Å². The normalized spacial score (nSPS) is 13.8. The predicted octanol–water partition coefficient (Wildman–Crippen LogP) is 11.3. The van der Waals surface area contributed by atoms with E-state index in [1.807, 2.05) is 21.1 Å². The quantitative estimate of drug-likeness (QED) is 0.0197. The Kier molecular flexibility index (Phi) is 40.2. The van der Waals surface area contributed by atoms with Gasteiger partial charge in [0.1, 0.15) is 13.2 Å².